The molecule has 2 heterocycles. The first-order valence-electron chi connectivity index (χ1n) is 9.16. The number of amides is 2. The van der Waals surface area contributed by atoms with Gasteiger partial charge in [0.15, 0.2) is 0 Å². The molecule has 2 aromatic rings. The zero-order valence-electron chi connectivity index (χ0n) is 15.7. The second-order valence-electron chi connectivity index (χ2n) is 6.38. The maximum absolute atomic E-state index is 12.3. The topological polar surface area (TPSA) is 101 Å². The van der Waals surface area contributed by atoms with E-state index in [1.165, 1.54) is 17.4 Å². The van der Waals surface area contributed by atoms with Gasteiger partial charge in [0.2, 0.25) is 5.91 Å². The van der Waals surface area contributed by atoms with E-state index in [4.69, 9.17) is 16.3 Å². The van der Waals surface area contributed by atoms with Crippen LogP contribution in [0.3, 0.4) is 0 Å². The first-order chi connectivity index (χ1) is 14.1. The highest BCUT2D eigenvalue weighted by Crippen LogP contribution is 2.38. The lowest BCUT2D eigenvalue weighted by Crippen LogP contribution is -2.33. The Morgan fingerprint density at radius 3 is 3.07 bits per heavy atom. The van der Waals surface area contributed by atoms with Crippen LogP contribution in [0.5, 0.6) is 0 Å². The fraction of sp³-hybridized carbons (Fsp3) is 0.286. The van der Waals surface area contributed by atoms with E-state index in [1.807, 2.05) is 6.07 Å². The molecule has 7 nitrogen and oxygen atoms in total. The number of anilines is 1. The molecule has 1 unspecified atom stereocenters. The van der Waals surface area contributed by atoms with E-state index < -0.39 is 6.09 Å². The number of nitrogens with zero attached hydrogens (tertiary/aromatic N) is 1. The summed E-state index contributed by atoms with van der Waals surface area (Å²) in [5, 5.41) is 14.7. The van der Waals surface area contributed by atoms with Gasteiger partial charge in [0.05, 0.1) is 12.2 Å². The van der Waals surface area contributed by atoms with E-state index in [-0.39, 0.29) is 25.2 Å². The molecule has 2 amide bonds. The minimum Gasteiger partial charge on any atom is -0.446 e. The fourth-order valence-corrected chi connectivity index (χ4v) is 4.33. The average molecular weight is 411 g/mol. The fourth-order valence-electron chi connectivity index (χ4n) is 3.05. The van der Waals surface area contributed by atoms with Crippen molar-refractivity contribution in [3.63, 3.8) is 0 Å². The quantitative estimate of drug-likeness (QED) is 0.500. The lowest BCUT2D eigenvalue weighted by atomic mass is 9.93. The molecule has 1 atom stereocenters. The Bertz CT molecular complexity index is 947. The van der Waals surface area contributed by atoms with Crippen molar-refractivity contribution in [2.45, 2.75) is 25.4 Å². The number of hydrogen-bond acceptors (Lipinski definition) is 6. The molecule has 0 bridgehead atoms. The molecule has 29 heavy (non-hydrogen) atoms. The van der Waals surface area contributed by atoms with Gasteiger partial charge in [-0.1, -0.05) is 12.0 Å². The molecule has 0 saturated heterocycles. The zero-order valence-corrected chi connectivity index (χ0v) is 16.5. The van der Waals surface area contributed by atoms with Crippen molar-refractivity contribution in [2.24, 2.45) is 0 Å². The molecule has 8 heteroatoms. The summed E-state index contributed by atoms with van der Waals surface area (Å²) in [4.78, 5) is 29.0. The summed E-state index contributed by atoms with van der Waals surface area (Å²) in [6.45, 7) is 0.0123. The number of carbonyl (C=O) groups excluding carboxylic acids is 2. The van der Waals surface area contributed by atoms with Crippen molar-refractivity contribution >= 4 is 34.4 Å². The van der Waals surface area contributed by atoms with Gasteiger partial charge in [-0.3, -0.25) is 9.78 Å². The number of nitrogens with one attached hydrogen (secondary N) is 2. The Morgan fingerprint density at radius 1 is 1.48 bits per heavy atom. The predicted molar refractivity (Wildman–Crippen MR) is 112 cm³/mol. The van der Waals surface area contributed by atoms with Gasteiger partial charge in [-0.2, -0.15) is 0 Å². The maximum Gasteiger partial charge on any atom is 0.407 e. The normalized spacial score (nSPS) is 15.4. The number of fused-ring (bicyclic) bond motifs is 1. The van der Waals surface area contributed by atoms with E-state index in [2.05, 4.69) is 21.5 Å². The largest absolute Gasteiger partial charge is 0.446 e. The summed E-state index contributed by atoms with van der Waals surface area (Å²) in [6, 6.07) is 3.65. The standard InChI is InChI=1S/C21H21N3O4S/c1-2-16-17-7-6-15(28-21(27)23-10-11-25)12-18(17)29-20(16)24-19(26)8-5-14-4-3-9-22-13-14/h1,3-5,8-9,13,15,25H,6-7,10-12H2,(H,23,27)(H,24,26)/b8-5+. The van der Waals surface area contributed by atoms with Gasteiger partial charge in [-0.15, -0.1) is 17.8 Å². The highest BCUT2D eigenvalue weighted by molar-refractivity contribution is 7.16. The second kappa shape index (κ2) is 9.87. The van der Waals surface area contributed by atoms with Gasteiger partial charge in [0.25, 0.3) is 0 Å². The van der Waals surface area contributed by atoms with E-state index in [9.17, 15) is 9.59 Å². The zero-order chi connectivity index (χ0) is 20.6. The smallest absolute Gasteiger partial charge is 0.407 e. The first-order valence-corrected chi connectivity index (χ1v) is 9.98. The number of alkyl carbamates (subject to hydrolysis) is 1. The second-order valence-corrected chi connectivity index (χ2v) is 7.49. The number of ether oxygens (including phenoxy) is 1. The SMILES string of the molecule is C#Cc1c(NC(=O)/C=C/c2cccnc2)sc2c1CCC(OC(=O)NCCO)C2. The van der Waals surface area contributed by atoms with Crippen LogP contribution in [0, 0.1) is 12.3 Å². The Kier molecular flexibility index (Phi) is 7.00. The summed E-state index contributed by atoms with van der Waals surface area (Å²) >= 11 is 1.41. The summed E-state index contributed by atoms with van der Waals surface area (Å²) in [7, 11) is 0. The number of thiophene rings is 1. The summed E-state index contributed by atoms with van der Waals surface area (Å²) in [6.07, 6.45) is 13.2. The number of pyridine rings is 1. The Balaban J connectivity index is 1.66. The van der Waals surface area contributed by atoms with Crippen molar-refractivity contribution in [1.82, 2.24) is 10.3 Å². The van der Waals surface area contributed by atoms with Gasteiger partial charge in [-0.05, 0) is 36.1 Å². The Hall–Kier alpha value is -3.15. The third-order valence-corrected chi connectivity index (χ3v) is 5.54. The number of aliphatic hydroxyl groups is 1. The third kappa shape index (κ3) is 5.44. The molecule has 1 aliphatic rings. The minimum absolute atomic E-state index is 0.140. The number of terminal acetylenes is 1. The van der Waals surface area contributed by atoms with Crippen LogP contribution in [0.1, 0.15) is 28.0 Å². The molecular formula is C21H21N3O4S. The van der Waals surface area contributed by atoms with Crippen LogP contribution in [0.15, 0.2) is 30.6 Å². The highest BCUT2D eigenvalue weighted by Gasteiger charge is 2.27. The minimum atomic E-state index is -0.546. The Morgan fingerprint density at radius 2 is 2.34 bits per heavy atom. The molecule has 150 valence electrons. The van der Waals surface area contributed by atoms with Crippen molar-refractivity contribution in [1.29, 1.82) is 0 Å². The number of rotatable bonds is 6. The Labute approximate surface area is 172 Å². The first kappa shape index (κ1) is 20.6. The van der Waals surface area contributed by atoms with Gasteiger partial charge < -0.3 is 20.5 Å². The predicted octanol–water partition coefficient (Wildman–Crippen LogP) is 2.35. The number of aliphatic hydroxyl groups excluding tert-OH is 1. The lowest BCUT2D eigenvalue weighted by Gasteiger charge is -2.22. The van der Waals surface area contributed by atoms with Crippen LogP contribution in [0.25, 0.3) is 6.08 Å². The van der Waals surface area contributed by atoms with Crippen molar-refractivity contribution in [3.05, 3.63) is 52.2 Å². The number of carbonyl (C=O) groups is 2. The maximum atomic E-state index is 12.3. The molecular weight excluding hydrogens is 390 g/mol. The molecule has 0 aliphatic heterocycles. The molecule has 0 saturated carbocycles. The van der Waals surface area contributed by atoms with Gasteiger partial charge >= 0.3 is 6.09 Å². The molecule has 0 radical (unpaired) electrons. The van der Waals surface area contributed by atoms with Crippen LogP contribution in [0.2, 0.25) is 0 Å². The summed E-state index contributed by atoms with van der Waals surface area (Å²) in [5.41, 5.74) is 2.54. The molecule has 0 aromatic carbocycles. The van der Waals surface area contributed by atoms with Crippen LogP contribution in [0.4, 0.5) is 9.80 Å². The van der Waals surface area contributed by atoms with Crippen LogP contribution in [-0.4, -0.2) is 41.3 Å². The van der Waals surface area contributed by atoms with E-state index in [1.54, 1.807) is 24.5 Å². The molecule has 3 rings (SSSR count). The van der Waals surface area contributed by atoms with E-state index in [0.29, 0.717) is 29.8 Å². The van der Waals surface area contributed by atoms with Crippen LogP contribution < -0.4 is 10.6 Å². The monoisotopic (exact) mass is 411 g/mol. The van der Waals surface area contributed by atoms with Crippen LogP contribution >= 0.6 is 11.3 Å². The summed E-state index contributed by atoms with van der Waals surface area (Å²) < 4.78 is 5.39. The molecule has 2 aromatic heterocycles. The number of hydrogen-bond donors (Lipinski definition) is 3. The van der Waals surface area contributed by atoms with Gasteiger partial charge in [0, 0.05) is 36.3 Å². The highest BCUT2D eigenvalue weighted by atomic mass is 32.1. The van der Waals surface area contributed by atoms with Crippen LogP contribution in [-0.2, 0) is 22.4 Å². The van der Waals surface area contributed by atoms with Gasteiger partial charge in [0.1, 0.15) is 11.1 Å². The molecule has 0 fully saturated rings. The van der Waals surface area contributed by atoms with Crippen molar-refractivity contribution in [3.8, 4) is 12.3 Å². The molecule has 1 aliphatic carbocycles. The summed E-state index contributed by atoms with van der Waals surface area (Å²) in [5.74, 6) is 2.40. The van der Waals surface area contributed by atoms with Gasteiger partial charge in [-0.25, -0.2) is 4.79 Å². The van der Waals surface area contributed by atoms with E-state index in [0.717, 1.165) is 16.0 Å². The van der Waals surface area contributed by atoms with E-state index >= 15 is 0 Å². The molecule has 3 N–H and O–H groups in total. The van der Waals surface area contributed by atoms with Crippen molar-refractivity contribution in [2.75, 3.05) is 18.5 Å². The lowest BCUT2D eigenvalue weighted by molar-refractivity contribution is -0.111. The third-order valence-electron chi connectivity index (χ3n) is 4.37. The van der Waals surface area contributed by atoms with Crippen molar-refractivity contribution < 1.29 is 19.4 Å². The number of aromatic nitrogens is 1. The molecule has 0 spiro atoms. The average Bonchev–Trinajstić information content (AvgIpc) is 3.07.